The molecule has 0 aliphatic heterocycles. The molecule has 0 saturated heterocycles. The third kappa shape index (κ3) is 2.93. The summed E-state index contributed by atoms with van der Waals surface area (Å²) in [4.78, 5) is 0. The minimum atomic E-state index is 0.148. The number of nitrogens with one attached hydrogen (secondary N) is 1. The number of nitrogens with two attached hydrogens (primary N) is 1. The van der Waals surface area contributed by atoms with Crippen LogP contribution in [0.15, 0.2) is 36.5 Å². The standard InChI is InChI=1S/C13H16N4/c1-9-6-13(17-15-8-9)16-10(2)11-4-3-5-12(14)7-11/h3-8,10H,14H2,1-2H3,(H,16,17). The van der Waals surface area contributed by atoms with E-state index in [1.165, 1.54) is 0 Å². The van der Waals surface area contributed by atoms with Crippen molar-refractivity contribution in [2.75, 3.05) is 11.1 Å². The van der Waals surface area contributed by atoms with Gasteiger partial charge in [-0.15, -0.1) is 5.10 Å². The fourth-order valence-corrected chi connectivity index (χ4v) is 1.67. The zero-order chi connectivity index (χ0) is 12.3. The third-order valence-corrected chi connectivity index (χ3v) is 2.57. The van der Waals surface area contributed by atoms with Crippen molar-refractivity contribution in [1.82, 2.24) is 10.2 Å². The summed E-state index contributed by atoms with van der Waals surface area (Å²) in [6.45, 7) is 4.06. The molecular formula is C13H16N4. The molecule has 1 aromatic carbocycles. The Morgan fingerprint density at radius 3 is 2.82 bits per heavy atom. The second-order valence-corrected chi connectivity index (χ2v) is 4.15. The van der Waals surface area contributed by atoms with Gasteiger partial charge in [-0.1, -0.05) is 12.1 Å². The van der Waals surface area contributed by atoms with E-state index < -0.39 is 0 Å². The molecule has 0 bridgehead atoms. The van der Waals surface area contributed by atoms with Crippen LogP contribution in [0.25, 0.3) is 0 Å². The molecule has 0 aliphatic carbocycles. The first-order chi connectivity index (χ1) is 8.15. The van der Waals surface area contributed by atoms with Crippen molar-refractivity contribution < 1.29 is 0 Å². The van der Waals surface area contributed by atoms with E-state index in [1.54, 1.807) is 6.20 Å². The monoisotopic (exact) mass is 228 g/mol. The van der Waals surface area contributed by atoms with Crippen LogP contribution in [0.3, 0.4) is 0 Å². The third-order valence-electron chi connectivity index (χ3n) is 2.57. The van der Waals surface area contributed by atoms with Gasteiger partial charge in [-0.2, -0.15) is 5.10 Å². The van der Waals surface area contributed by atoms with Gasteiger partial charge in [-0.25, -0.2) is 0 Å². The lowest BCUT2D eigenvalue weighted by Gasteiger charge is -2.15. The largest absolute Gasteiger partial charge is 0.399 e. The Labute approximate surface area is 101 Å². The first-order valence-corrected chi connectivity index (χ1v) is 5.56. The van der Waals surface area contributed by atoms with Gasteiger partial charge in [0.2, 0.25) is 0 Å². The van der Waals surface area contributed by atoms with E-state index >= 15 is 0 Å². The van der Waals surface area contributed by atoms with Crippen molar-refractivity contribution in [3.63, 3.8) is 0 Å². The number of anilines is 2. The summed E-state index contributed by atoms with van der Waals surface area (Å²) in [5, 5.41) is 11.2. The molecule has 2 aromatic rings. The molecule has 88 valence electrons. The van der Waals surface area contributed by atoms with Crippen LogP contribution < -0.4 is 11.1 Å². The van der Waals surface area contributed by atoms with E-state index in [-0.39, 0.29) is 6.04 Å². The minimum absolute atomic E-state index is 0.148. The SMILES string of the molecule is Cc1cnnc(NC(C)c2cccc(N)c2)c1. The number of nitrogen functional groups attached to an aromatic ring is 1. The van der Waals surface area contributed by atoms with E-state index in [4.69, 9.17) is 5.73 Å². The van der Waals surface area contributed by atoms with Crippen LogP contribution >= 0.6 is 0 Å². The lowest BCUT2D eigenvalue weighted by Crippen LogP contribution is -2.08. The highest BCUT2D eigenvalue weighted by Crippen LogP contribution is 2.19. The first-order valence-electron chi connectivity index (χ1n) is 5.56. The Hall–Kier alpha value is -2.10. The van der Waals surface area contributed by atoms with Crippen LogP contribution in [0.4, 0.5) is 11.5 Å². The Balaban J connectivity index is 2.14. The first kappa shape index (κ1) is 11.4. The number of benzene rings is 1. The van der Waals surface area contributed by atoms with E-state index in [1.807, 2.05) is 37.3 Å². The van der Waals surface area contributed by atoms with Crippen LogP contribution in [0.1, 0.15) is 24.1 Å². The van der Waals surface area contributed by atoms with E-state index in [0.717, 1.165) is 22.6 Å². The quantitative estimate of drug-likeness (QED) is 0.792. The molecule has 4 nitrogen and oxygen atoms in total. The van der Waals surface area contributed by atoms with Gasteiger partial charge in [0.25, 0.3) is 0 Å². The topological polar surface area (TPSA) is 63.8 Å². The Bertz CT molecular complexity index is 510. The maximum atomic E-state index is 5.76. The van der Waals surface area contributed by atoms with Crippen molar-refractivity contribution in [2.24, 2.45) is 0 Å². The zero-order valence-corrected chi connectivity index (χ0v) is 10.0. The number of aromatic nitrogens is 2. The molecule has 1 atom stereocenters. The zero-order valence-electron chi connectivity index (χ0n) is 10.0. The van der Waals surface area contributed by atoms with Crippen molar-refractivity contribution >= 4 is 11.5 Å². The number of nitrogens with zero attached hydrogens (tertiary/aromatic N) is 2. The molecule has 0 fully saturated rings. The van der Waals surface area contributed by atoms with Gasteiger partial charge < -0.3 is 11.1 Å². The van der Waals surface area contributed by atoms with Gasteiger partial charge in [-0.3, -0.25) is 0 Å². The Morgan fingerprint density at radius 2 is 2.12 bits per heavy atom. The molecule has 1 unspecified atom stereocenters. The van der Waals surface area contributed by atoms with Gasteiger partial charge in [0.05, 0.1) is 12.2 Å². The van der Waals surface area contributed by atoms with Crippen LogP contribution in [-0.4, -0.2) is 10.2 Å². The van der Waals surface area contributed by atoms with E-state index in [9.17, 15) is 0 Å². The lowest BCUT2D eigenvalue weighted by molar-refractivity contribution is 0.859. The van der Waals surface area contributed by atoms with Crippen LogP contribution in [-0.2, 0) is 0 Å². The highest BCUT2D eigenvalue weighted by atomic mass is 15.2. The van der Waals surface area contributed by atoms with E-state index in [0.29, 0.717) is 0 Å². The normalized spacial score (nSPS) is 12.1. The second kappa shape index (κ2) is 4.82. The predicted octanol–water partition coefficient (Wildman–Crippen LogP) is 2.54. The Kier molecular flexibility index (Phi) is 3.23. The highest BCUT2D eigenvalue weighted by Gasteiger charge is 2.06. The molecule has 1 aromatic heterocycles. The summed E-state index contributed by atoms with van der Waals surface area (Å²) in [6, 6.07) is 9.94. The van der Waals surface area contributed by atoms with Crippen LogP contribution in [0, 0.1) is 6.92 Å². The molecule has 3 N–H and O–H groups in total. The van der Waals surface area contributed by atoms with Crippen LogP contribution in [0.2, 0.25) is 0 Å². The summed E-state index contributed by atoms with van der Waals surface area (Å²) in [7, 11) is 0. The molecule has 1 heterocycles. The van der Waals surface area contributed by atoms with Gasteiger partial charge in [0.1, 0.15) is 5.82 Å². The summed E-state index contributed by atoms with van der Waals surface area (Å²) in [6.07, 6.45) is 1.73. The van der Waals surface area contributed by atoms with Crippen LogP contribution in [0.5, 0.6) is 0 Å². The van der Waals surface area contributed by atoms with Crippen molar-refractivity contribution in [3.05, 3.63) is 47.7 Å². The average Bonchev–Trinajstić information content (AvgIpc) is 2.29. The fraction of sp³-hybridized carbons (Fsp3) is 0.231. The summed E-state index contributed by atoms with van der Waals surface area (Å²) >= 11 is 0. The minimum Gasteiger partial charge on any atom is -0.399 e. The van der Waals surface area contributed by atoms with Gasteiger partial charge >= 0.3 is 0 Å². The summed E-state index contributed by atoms with van der Waals surface area (Å²) in [5.41, 5.74) is 8.75. The predicted molar refractivity (Wildman–Crippen MR) is 69.7 cm³/mol. The smallest absolute Gasteiger partial charge is 0.149 e. The molecule has 0 amide bonds. The molecule has 17 heavy (non-hydrogen) atoms. The molecule has 0 aliphatic rings. The maximum absolute atomic E-state index is 5.76. The summed E-state index contributed by atoms with van der Waals surface area (Å²) < 4.78 is 0. The van der Waals surface area contributed by atoms with E-state index in [2.05, 4.69) is 22.4 Å². The van der Waals surface area contributed by atoms with Crippen molar-refractivity contribution in [2.45, 2.75) is 19.9 Å². The van der Waals surface area contributed by atoms with Gasteiger partial charge in [-0.05, 0) is 43.2 Å². The number of hydrogen-bond donors (Lipinski definition) is 2. The van der Waals surface area contributed by atoms with Crippen molar-refractivity contribution in [3.8, 4) is 0 Å². The molecular weight excluding hydrogens is 212 g/mol. The second-order valence-electron chi connectivity index (χ2n) is 4.15. The Morgan fingerprint density at radius 1 is 1.29 bits per heavy atom. The maximum Gasteiger partial charge on any atom is 0.149 e. The molecule has 0 saturated carbocycles. The molecule has 0 spiro atoms. The summed E-state index contributed by atoms with van der Waals surface area (Å²) in [5.74, 6) is 0.778. The molecule has 0 radical (unpaired) electrons. The van der Waals surface area contributed by atoms with Crippen molar-refractivity contribution in [1.29, 1.82) is 0 Å². The highest BCUT2D eigenvalue weighted by molar-refractivity contribution is 5.44. The lowest BCUT2D eigenvalue weighted by atomic mass is 10.1. The van der Waals surface area contributed by atoms with Gasteiger partial charge in [0, 0.05) is 5.69 Å². The average molecular weight is 228 g/mol. The van der Waals surface area contributed by atoms with Gasteiger partial charge in [0.15, 0.2) is 0 Å². The molecule has 4 heteroatoms. The number of aryl methyl sites for hydroxylation is 1. The number of rotatable bonds is 3. The molecule has 2 rings (SSSR count). The fourth-order valence-electron chi connectivity index (χ4n) is 1.67. The number of hydrogen-bond acceptors (Lipinski definition) is 4.